The van der Waals surface area contributed by atoms with Crippen molar-refractivity contribution in [2.24, 2.45) is 16.8 Å². The van der Waals surface area contributed by atoms with Crippen molar-refractivity contribution in [3.05, 3.63) is 0 Å². The van der Waals surface area contributed by atoms with E-state index in [0.29, 0.717) is 12.6 Å². The molecule has 0 aromatic rings. The molecule has 0 bridgehead atoms. The second-order valence-electron chi connectivity index (χ2n) is 3.81. The Labute approximate surface area is 84.3 Å². The summed E-state index contributed by atoms with van der Waals surface area (Å²) in [5, 5.41) is 14.8. The van der Waals surface area contributed by atoms with Crippen molar-refractivity contribution >= 4 is 5.84 Å². The molecule has 5 heteroatoms. The molecular weight excluding hydrogens is 182 g/mol. The average molecular weight is 201 g/mol. The maximum atomic E-state index is 8.46. The first kappa shape index (κ1) is 11.3. The summed E-state index contributed by atoms with van der Waals surface area (Å²) < 4.78 is 5.41. The van der Waals surface area contributed by atoms with E-state index < -0.39 is 0 Å². The molecule has 1 fully saturated rings. The third kappa shape index (κ3) is 2.85. The molecule has 4 N–H and O–H groups in total. The van der Waals surface area contributed by atoms with E-state index in [4.69, 9.17) is 15.7 Å². The maximum absolute atomic E-state index is 8.46. The zero-order valence-corrected chi connectivity index (χ0v) is 8.73. The quantitative estimate of drug-likeness (QED) is 0.261. The highest BCUT2D eigenvalue weighted by Gasteiger charge is 2.24. The van der Waals surface area contributed by atoms with Crippen LogP contribution in [0.1, 0.15) is 20.3 Å². The summed E-state index contributed by atoms with van der Waals surface area (Å²) in [6.07, 6.45) is 1.29. The van der Waals surface area contributed by atoms with Crippen LogP contribution in [0.2, 0.25) is 0 Å². The highest BCUT2D eigenvalue weighted by molar-refractivity contribution is 5.82. The van der Waals surface area contributed by atoms with Crippen molar-refractivity contribution in [1.82, 2.24) is 5.32 Å². The lowest BCUT2D eigenvalue weighted by molar-refractivity contribution is 0.113. The van der Waals surface area contributed by atoms with Gasteiger partial charge in [-0.1, -0.05) is 12.1 Å². The Kier molecular flexibility index (Phi) is 4.16. The molecule has 0 aliphatic carbocycles. The van der Waals surface area contributed by atoms with Crippen molar-refractivity contribution in [1.29, 1.82) is 0 Å². The minimum Gasteiger partial charge on any atom is -0.409 e. The molecule has 1 saturated heterocycles. The number of ether oxygens (including phenoxy) is 1. The molecule has 14 heavy (non-hydrogen) atoms. The van der Waals surface area contributed by atoms with Gasteiger partial charge in [-0.05, 0) is 13.3 Å². The molecule has 0 amide bonds. The second-order valence-corrected chi connectivity index (χ2v) is 3.81. The Hall–Kier alpha value is -0.810. The molecule has 1 rings (SSSR count). The van der Waals surface area contributed by atoms with Gasteiger partial charge in [0.15, 0.2) is 0 Å². The van der Waals surface area contributed by atoms with E-state index in [1.165, 1.54) is 0 Å². The predicted octanol–water partition coefficient (Wildman–Crippen LogP) is 0.136. The number of nitrogens with two attached hydrogens (primary N) is 1. The van der Waals surface area contributed by atoms with E-state index in [-0.39, 0.29) is 17.9 Å². The Balaban J connectivity index is 2.26. The van der Waals surface area contributed by atoms with Crippen molar-refractivity contribution in [3.8, 4) is 0 Å². The van der Waals surface area contributed by atoms with Crippen LogP contribution >= 0.6 is 0 Å². The van der Waals surface area contributed by atoms with E-state index in [1.807, 2.05) is 6.92 Å². The molecule has 1 aliphatic heterocycles. The van der Waals surface area contributed by atoms with Gasteiger partial charge in [0.1, 0.15) is 5.84 Å². The van der Waals surface area contributed by atoms with Crippen LogP contribution in [-0.2, 0) is 4.74 Å². The predicted molar refractivity (Wildman–Crippen MR) is 54.4 cm³/mol. The van der Waals surface area contributed by atoms with Gasteiger partial charge in [0, 0.05) is 25.1 Å². The van der Waals surface area contributed by atoms with Gasteiger partial charge < -0.3 is 21.0 Å². The molecule has 3 atom stereocenters. The lowest BCUT2D eigenvalue weighted by atomic mass is 10.1. The van der Waals surface area contributed by atoms with Gasteiger partial charge in [-0.2, -0.15) is 0 Å². The molecule has 1 heterocycles. The second kappa shape index (κ2) is 5.17. The number of hydrogen-bond donors (Lipinski definition) is 3. The number of hydrogen-bond acceptors (Lipinski definition) is 4. The van der Waals surface area contributed by atoms with Crippen LogP contribution in [0.3, 0.4) is 0 Å². The fraction of sp³-hybridized carbons (Fsp3) is 0.889. The van der Waals surface area contributed by atoms with Gasteiger partial charge in [-0.15, -0.1) is 0 Å². The zero-order valence-electron chi connectivity index (χ0n) is 8.73. The first-order valence-electron chi connectivity index (χ1n) is 4.97. The van der Waals surface area contributed by atoms with Gasteiger partial charge in [0.2, 0.25) is 0 Å². The lowest BCUT2D eigenvalue weighted by Crippen LogP contribution is -2.40. The summed E-state index contributed by atoms with van der Waals surface area (Å²) >= 11 is 0. The van der Waals surface area contributed by atoms with E-state index in [0.717, 1.165) is 13.0 Å². The molecule has 5 nitrogen and oxygen atoms in total. The molecule has 0 radical (unpaired) electrons. The van der Waals surface area contributed by atoms with Crippen LogP contribution in [0, 0.1) is 5.92 Å². The summed E-state index contributed by atoms with van der Waals surface area (Å²) in [5.41, 5.74) is 5.46. The van der Waals surface area contributed by atoms with Crippen LogP contribution in [0.15, 0.2) is 5.16 Å². The van der Waals surface area contributed by atoms with Crippen LogP contribution in [0.5, 0.6) is 0 Å². The largest absolute Gasteiger partial charge is 0.409 e. The van der Waals surface area contributed by atoms with Gasteiger partial charge in [-0.25, -0.2) is 0 Å². The highest BCUT2D eigenvalue weighted by Crippen LogP contribution is 2.12. The molecule has 0 aromatic carbocycles. The first-order chi connectivity index (χ1) is 6.65. The summed E-state index contributed by atoms with van der Waals surface area (Å²) in [7, 11) is 0. The van der Waals surface area contributed by atoms with Crippen LogP contribution in [0.4, 0.5) is 0 Å². The van der Waals surface area contributed by atoms with Crippen molar-refractivity contribution in [3.63, 3.8) is 0 Å². The van der Waals surface area contributed by atoms with Gasteiger partial charge in [0.05, 0.1) is 6.10 Å². The normalized spacial score (nSPS) is 30.6. The summed E-state index contributed by atoms with van der Waals surface area (Å²) in [4.78, 5) is 0. The molecule has 3 unspecified atom stereocenters. The minimum absolute atomic E-state index is 0.0489. The number of amidine groups is 1. The van der Waals surface area contributed by atoms with Gasteiger partial charge in [0.25, 0.3) is 0 Å². The standard InChI is InChI=1S/C9H19N3O2/c1-6(9(10)12-13)5-11-8-3-4-14-7(8)2/h6-8,11,13H,3-5H2,1-2H3,(H2,10,12). The summed E-state index contributed by atoms with van der Waals surface area (Å²) in [6.45, 7) is 5.51. The van der Waals surface area contributed by atoms with E-state index in [9.17, 15) is 0 Å². The van der Waals surface area contributed by atoms with Crippen molar-refractivity contribution < 1.29 is 9.94 Å². The van der Waals surface area contributed by atoms with Crippen molar-refractivity contribution in [2.45, 2.75) is 32.4 Å². The van der Waals surface area contributed by atoms with Crippen molar-refractivity contribution in [2.75, 3.05) is 13.2 Å². The number of oxime groups is 1. The molecule has 82 valence electrons. The molecule has 0 spiro atoms. The summed E-state index contributed by atoms with van der Waals surface area (Å²) in [6, 6.07) is 0.393. The number of rotatable bonds is 4. The Morgan fingerprint density at radius 1 is 1.79 bits per heavy atom. The van der Waals surface area contributed by atoms with E-state index >= 15 is 0 Å². The van der Waals surface area contributed by atoms with Gasteiger partial charge in [-0.3, -0.25) is 0 Å². The van der Waals surface area contributed by atoms with E-state index in [1.54, 1.807) is 0 Å². The minimum atomic E-state index is 0.0489. The average Bonchev–Trinajstić information content (AvgIpc) is 2.59. The topological polar surface area (TPSA) is 79.9 Å². The highest BCUT2D eigenvalue weighted by atomic mass is 16.5. The third-order valence-electron chi connectivity index (χ3n) is 2.68. The fourth-order valence-electron chi connectivity index (χ4n) is 1.53. The summed E-state index contributed by atoms with van der Waals surface area (Å²) in [5.74, 6) is 0.317. The Morgan fingerprint density at radius 3 is 3.00 bits per heavy atom. The zero-order chi connectivity index (χ0) is 10.6. The Morgan fingerprint density at radius 2 is 2.50 bits per heavy atom. The Bertz CT molecular complexity index is 208. The number of nitrogens with zero attached hydrogens (tertiary/aromatic N) is 1. The number of nitrogens with one attached hydrogen (secondary N) is 1. The first-order valence-corrected chi connectivity index (χ1v) is 4.97. The SMILES string of the molecule is CC(CNC1CCOC1C)C(N)=NO. The smallest absolute Gasteiger partial charge is 0.143 e. The monoisotopic (exact) mass is 201 g/mol. The molecular formula is C9H19N3O2. The molecule has 0 aromatic heterocycles. The van der Waals surface area contributed by atoms with Crippen LogP contribution < -0.4 is 11.1 Å². The van der Waals surface area contributed by atoms with Crippen LogP contribution in [-0.4, -0.2) is 36.3 Å². The third-order valence-corrected chi connectivity index (χ3v) is 2.68. The fourth-order valence-corrected chi connectivity index (χ4v) is 1.53. The lowest BCUT2D eigenvalue weighted by Gasteiger charge is -2.18. The van der Waals surface area contributed by atoms with Crippen LogP contribution in [0.25, 0.3) is 0 Å². The van der Waals surface area contributed by atoms with E-state index in [2.05, 4.69) is 17.4 Å². The molecule has 0 saturated carbocycles. The maximum Gasteiger partial charge on any atom is 0.143 e. The van der Waals surface area contributed by atoms with Gasteiger partial charge >= 0.3 is 0 Å². The molecule has 1 aliphatic rings.